The van der Waals surface area contributed by atoms with Crippen molar-refractivity contribution < 1.29 is 0 Å². The molecule has 0 bridgehead atoms. The minimum atomic E-state index is 0.247. The van der Waals surface area contributed by atoms with E-state index in [9.17, 15) is 0 Å². The molecule has 5 heteroatoms. The summed E-state index contributed by atoms with van der Waals surface area (Å²) in [7, 11) is 0. The van der Waals surface area contributed by atoms with Crippen LogP contribution in [0, 0.1) is 0 Å². The van der Waals surface area contributed by atoms with Gasteiger partial charge in [0.05, 0.1) is 0 Å². The first-order chi connectivity index (χ1) is 7.75. The first-order valence-electron chi connectivity index (χ1n) is 6.20. The zero-order valence-corrected chi connectivity index (χ0v) is 9.69. The fraction of sp³-hybridized carbons (Fsp3) is 0.818. The number of rotatable bonds is 2. The third-order valence-corrected chi connectivity index (χ3v) is 3.76. The van der Waals surface area contributed by atoms with Gasteiger partial charge < -0.3 is 10.6 Å². The second kappa shape index (κ2) is 3.73. The van der Waals surface area contributed by atoms with Crippen LogP contribution in [-0.4, -0.2) is 33.8 Å². The zero-order chi connectivity index (χ0) is 11.1. The second-order valence-electron chi connectivity index (χ2n) is 5.04. The molecule has 16 heavy (non-hydrogen) atoms. The number of nitrogens with zero attached hydrogens (tertiary/aromatic N) is 3. The average Bonchev–Trinajstić information content (AvgIpc) is 3.02. The highest BCUT2D eigenvalue weighted by atomic mass is 15.4. The second-order valence-corrected chi connectivity index (χ2v) is 5.04. The van der Waals surface area contributed by atoms with Crippen LogP contribution in [0.3, 0.4) is 0 Å². The van der Waals surface area contributed by atoms with Crippen molar-refractivity contribution in [3.05, 3.63) is 5.82 Å². The number of H-pyrrole nitrogens is 1. The van der Waals surface area contributed by atoms with E-state index in [2.05, 4.69) is 27.0 Å². The van der Waals surface area contributed by atoms with E-state index in [0.29, 0.717) is 12.0 Å². The quantitative estimate of drug-likeness (QED) is 0.781. The number of aromatic nitrogens is 3. The number of anilines is 1. The molecule has 1 aromatic heterocycles. The van der Waals surface area contributed by atoms with Crippen LogP contribution in [0.25, 0.3) is 0 Å². The first kappa shape index (κ1) is 10.1. The van der Waals surface area contributed by atoms with Gasteiger partial charge in [0.15, 0.2) is 0 Å². The third-order valence-electron chi connectivity index (χ3n) is 3.76. The van der Waals surface area contributed by atoms with Crippen LogP contribution in [-0.2, 0) is 0 Å². The predicted octanol–water partition coefficient (Wildman–Crippen LogP) is 0.998. The van der Waals surface area contributed by atoms with Crippen molar-refractivity contribution in [1.82, 2.24) is 15.2 Å². The summed E-state index contributed by atoms with van der Waals surface area (Å²) >= 11 is 0. The summed E-state index contributed by atoms with van der Waals surface area (Å²) in [6.45, 7) is 3.19. The highest BCUT2D eigenvalue weighted by Gasteiger charge is 2.31. The van der Waals surface area contributed by atoms with Crippen LogP contribution in [0.15, 0.2) is 0 Å². The highest BCUT2D eigenvalue weighted by molar-refractivity contribution is 5.33. The van der Waals surface area contributed by atoms with Gasteiger partial charge >= 0.3 is 0 Å². The molecule has 1 aliphatic carbocycles. The smallest absolute Gasteiger partial charge is 0.245 e. The van der Waals surface area contributed by atoms with Crippen LogP contribution in [0.1, 0.15) is 44.3 Å². The van der Waals surface area contributed by atoms with E-state index < -0.39 is 0 Å². The Bertz CT molecular complexity index is 370. The molecular weight excluding hydrogens is 202 g/mol. The van der Waals surface area contributed by atoms with Crippen molar-refractivity contribution >= 4 is 5.95 Å². The van der Waals surface area contributed by atoms with Gasteiger partial charge in [0, 0.05) is 24.5 Å². The maximum Gasteiger partial charge on any atom is 0.245 e. The summed E-state index contributed by atoms with van der Waals surface area (Å²) in [6.07, 6.45) is 4.75. The number of hydrogen-bond acceptors (Lipinski definition) is 4. The Morgan fingerprint density at radius 1 is 1.38 bits per heavy atom. The lowest BCUT2D eigenvalue weighted by atomic mass is 9.99. The first-order valence-corrected chi connectivity index (χ1v) is 6.20. The molecule has 2 atom stereocenters. The van der Waals surface area contributed by atoms with Crippen LogP contribution >= 0.6 is 0 Å². The van der Waals surface area contributed by atoms with Gasteiger partial charge in [-0.05, 0) is 32.6 Å². The molecule has 0 aromatic carbocycles. The van der Waals surface area contributed by atoms with Crippen molar-refractivity contribution in [3.8, 4) is 0 Å². The van der Waals surface area contributed by atoms with E-state index in [-0.39, 0.29) is 6.04 Å². The lowest BCUT2D eigenvalue weighted by Gasteiger charge is -2.36. The van der Waals surface area contributed by atoms with Gasteiger partial charge in [-0.3, -0.25) is 5.10 Å². The van der Waals surface area contributed by atoms with E-state index in [1.54, 1.807) is 0 Å². The number of nitrogens with two attached hydrogens (primary N) is 1. The SMILES string of the molecule is CC1C(N)CCCN1c1n[nH]c(C2CC2)n1. The van der Waals surface area contributed by atoms with Crippen molar-refractivity contribution in [2.75, 3.05) is 11.4 Å². The molecule has 3 rings (SSSR count). The Morgan fingerprint density at radius 3 is 2.94 bits per heavy atom. The van der Waals surface area contributed by atoms with E-state index >= 15 is 0 Å². The average molecular weight is 221 g/mol. The van der Waals surface area contributed by atoms with Crippen molar-refractivity contribution in [1.29, 1.82) is 0 Å². The Hall–Kier alpha value is -1.10. The van der Waals surface area contributed by atoms with Gasteiger partial charge in [0.1, 0.15) is 5.82 Å². The summed E-state index contributed by atoms with van der Waals surface area (Å²) in [5.74, 6) is 2.53. The van der Waals surface area contributed by atoms with Crippen molar-refractivity contribution in [2.45, 2.75) is 50.6 Å². The van der Waals surface area contributed by atoms with E-state index in [0.717, 1.165) is 31.2 Å². The molecule has 0 radical (unpaired) electrons. The van der Waals surface area contributed by atoms with Crippen molar-refractivity contribution in [3.63, 3.8) is 0 Å². The number of nitrogens with one attached hydrogen (secondary N) is 1. The summed E-state index contributed by atoms with van der Waals surface area (Å²) in [6, 6.07) is 0.591. The molecule has 88 valence electrons. The molecule has 0 spiro atoms. The van der Waals surface area contributed by atoms with Gasteiger partial charge in [-0.1, -0.05) is 0 Å². The molecule has 5 nitrogen and oxygen atoms in total. The third kappa shape index (κ3) is 1.69. The lowest BCUT2D eigenvalue weighted by Crippen LogP contribution is -2.50. The number of piperidine rings is 1. The molecule has 0 amide bonds. The topological polar surface area (TPSA) is 70.8 Å². The molecule has 1 aromatic rings. The lowest BCUT2D eigenvalue weighted by molar-refractivity contribution is 0.416. The molecule has 2 aliphatic rings. The Balaban J connectivity index is 1.78. The normalized spacial score (nSPS) is 30.8. The van der Waals surface area contributed by atoms with Gasteiger partial charge in [-0.2, -0.15) is 4.98 Å². The molecule has 2 unspecified atom stereocenters. The largest absolute Gasteiger partial charge is 0.335 e. The maximum atomic E-state index is 6.08. The number of aromatic amines is 1. The minimum absolute atomic E-state index is 0.247. The molecule has 3 N–H and O–H groups in total. The van der Waals surface area contributed by atoms with Crippen LogP contribution in [0.5, 0.6) is 0 Å². The summed E-state index contributed by atoms with van der Waals surface area (Å²) in [4.78, 5) is 6.82. The standard InChI is InChI=1S/C11H19N5/c1-7-9(12)3-2-6-16(7)11-13-10(14-15-11)8-4-5-8/h7-9H,2-6,12H2,1H3,(H,13,14,15). The minimum Gasteiger partial charge on any atom is -0.335 e. The monoisotopic (exact) mass is 221 g/mol. The van der Waals surface area contributed by atoms with E-state index in [1.165, 1.54) is 12.8 Å². The Morgan fingerprint density at radius 2 is 2.19 bits per heavy atom. The number of hydrogen-bond donors (Lipinski definition) is 2. The van der Waals surface area contributed by atoms with Gasteiger partial charge in [0.2, 0.25) is 5.95 Å². The maximum absolute atomic E-state index is 6.08. The van der Waals surface area contributed by atoms with E-state index in [4.69, 9.17) is 5.73 Å². The zero-order valence-electron chi connectivity index (χ0n) is 9.69. The highest BCUT2D eigenvalue weighted by Crippen LogP contribution is 2.38. The molecule has 2 heterocycles. The molecular formula is C11H19N5. The van der Waals surface area contributed by atoms with Crippen LogP contribution < -0.4 is 10.6 Å². The summed E-state index contributed by atoms with van der Waals surface area (Å²) < 4.78 is 0. The summed E-state index contributed by atoms with van der Waals surface area (Å²) in [5.41, 5.74) is 6.08. The van der Waals surface area contributed by atoms with Gasteiger partial charge in [-0.15, -0.1) is 5.10 Å². The molecule has 1 aliphatic heterocycles. The van der Waals surface area contributed by atoms with Gasteiger partial charge in [-0.25, -0.2) is 0 Å². The molecule has 1 saturated heterocycles. The van der Waals surface area contributed by atoms with Crippen LogP contribution in [0.2, 0.25) is 0 Å². The molecule has 1 saturated carbocycles. The fourth-order valence-electron chi connectivity index (χ4n) is 2.39. The fourth-order valence-corrected chi connectivity index (χ4v) is 2.39. The van der Waals surface area contributed by atoms with E-state index in [1.807, 2.05) is 0 Å². The Labute approximate surface area is 95.4 Å². The van der Waals surface area contributed by atoms with Crippen LogP contribution in [0.4, 0.5) is 5.95 Å². The molecule has 2 fully saturated rings. The van der Waals surface area contributed by atoms with Crippen molar-refractivity contribution in [2.24, 2.45) is 5.73 Å². The Kier molecular flexibility index (Phi) is 2.35. The summed E-state index contributed by atoms with van der Waals surface area (Å²) in [5, 5.41) is 7.38. The van der Waals surface area contributed by atoms with Gasteiger partial charge in [0.25, 0.3) is 0 Å². The predicted molar refractivity (Wildman–Crippen MR) is 62.4 cm³/mol.